The van der Waals surface area contributed by atoms with Crippen LogP contribution in [-0.4, -0.2) is 51.1 Å². The number of hydrogen-bond acceptors (Lipinski definition) is 9. The van der Waals surface area contributed by atoms with E-state index < -0.39 is 15.9 Å². The Bertz CT molecular complexity index is 1260. The molecule has 4 rings (SSSR count). The van der Waals surface area contributed by atoms with Crippen molar-refractivity contribution < 1.29 is 17.9 Å². The molecular weight excluding hydrogens is 458 g/mol. The first-order valence-corrected chi connectivity index (χ1v) is 12.5. The first-order valence-electron chi connectivity index (χ1n) is 10.9. The molecule has 0 saturated heterocycles. The molecule has 0 aromatic carbocycles. The van der Waals surface area contributed by atoms with Gasteiger partial charge >= 0.3 is 0 Å². The molecule has 11 nitrogen and oxygen atoms in total. The van der Waals surface area contributed by atoms with E-state index >= 15 is 0 Å². The van der Waals surface area contributed by atoms with E-state index in [1.165, 1.54) is 18.6 Å². The molecule has 1 aliphatic rings. The molecule has 2 N–H and O–H groups in total. The van der Waals surface area contributed by atoms with Crippen molar-refractivity contribution in [3.63, 3.8) is 0 Å². The van der Waals surface area contributed by atoms with Crippen LogP contribution in [-0.2, 0) is 14.8 Å². The molecule has 0 bridgehead atoms. The number of carbonyl (C=O) groups is 1. The van der Waals surface area contributed by atoms with Gasteiger partial charge in [0.2, 0.25) is 21.8 Å². The molecular formula is C22H25N7O4S. The smallest absolute Gasteiger partial charge is 0.236 e. The summed E-state index contributed by atoms with van der Waals surface area (Å²) in [6.45, 7) is 4.19. The summed E-state index contributed by atoms with van der Waals surface area (Å²) in [6.07, 6.45) is 9.24. The van der Waals surface area contributed by atoms with Crippen molar-refractivity contribution in [1.29, 1.82) is 0 Å². The second-order valence-electron chi connectivity index (χ2n) is 7.73. The lowest BCUT2D eigenvalue weighted by atomic mass is 10.0. The highest BCUT2D eigenvalue weighted by molar-refractivity contribution is 7.93. The first kappa shape index (κ1) is 23.5. The van der Waals surface area contributed by atoms with Crippen LogP contribution in [0.25, 0.3) is 11.3 Å². The van der Waals surface area contributed by atoms with Gasteiger partial charge in [0.1, 0.15) is 5.82 Å². The van der Waals surface area contributed by atoms with Crippen LogP contribution in [0.2, 0.25) is 0 Å². The number of anilines is 2. The zero-order valence-electron chi connectivity index (χ0n) is 18.8. The minimum Gasteiger partial charge on any atom is -0.477 e. The van der Waals surface area contributed by atoms with Gasteiger partial charge in [-0.05, 0) is 38.3 Å². The summed E-state index contributed by atoms with van der Waals surface area (Å²) >= 11 is 0. The van der Waals surface area contributed by atoms with Gasteiger partial charge in [-0.1, -0.05) is 6.92 Å². The number of carbonyl (C=O) groups excluding carboxylic acids is 1. The minimum absolute atomic E-state index is 0.105. The highest BCUT2D eigenvalue weighted by Gasteiger charge is 2.36. The molecule has 3 aromatic heterocycles. The Morgan fingerprint density at radius 1 is 1.06 bits per heavy atom. The molecule has 34 heavy (non-hydrogen) atoms. The fourth-order valence-electron chi connectivity index (χ4n) is 3.27. The second-order valence-corrected chi connectivity index (χ2v) is 9.69. The van der Waals surface area contributed by atoms with Crippen LogP contribution >= 0.6 is 0 Å². The summed E-state index contributed by atoms with van der Waals surface area (Å²) < 4.78 is 32.2. The Labute approximate surface area is 197 Å². The molecule has 3 aromatic rings. The van der Waals surface area contributed by atoms with Gasteiger partial charge in [0, 0.05) is 18.0 Å². The topological polar surface area (TPSA) is 149 Å². The normalized spacial score (nSPS) is 14.3. The highest BCUT2D eigenvalue weighted by atomic mass is 32.2. The van der Waals surface area contributed by atoms with Crippen LogP contribution in [0.3, 0.4) is 0 Å². The van der Waals surface area contributed by atoms with Crippen molar-refractivity contribution in [1.82, 2.24) is 24.9 Å². The Hall–Kier alpha value is -3.67. The second kappa shape index (κ2) is 10.1. The molecule has 1 fully saturated rings. The number of nitrogens with one attached hydrogen (secondary N) is 2. The third-order valence-corrected chi connectivity index (χ3v) is 7.00. The summed E-state index contributed by atoms with van der Waals surface area (Å²) in [5.41, 5.74) is 1.69. The van der Waals surface area contributed by atoms with Gasteiger partial charge in [-0.3, -0.25) is 19.5 Å². The van der Waals surface area contributed by atoms with E-state index in [9.17, 15) is 13.2 Å². The van der Waals surface area contributed by atoms with Crippen LogP contribution in [0, 0.1) is 0 Å². The molecule has 1 amide bonds. The lowest BCUT2D eigenvalue weighted by molar-refractivity contribution is -0.117. The predicted molar refractivity (Wildman–Crippen MR) is 126 cm³/mol. The zero-order chi connectivity index (χ0) is 24.1. The molecule has 1 atom stereocenters. The Balaban J connectivity index is 1.45. The van der Waals surface area contributed by atoms with Crippen LogP contribution in [0.15, 0.2) is 43.1 Å². The van der Waals surface area contributed by atoms with Crippen molar-refractivity contribution in [2.75, 3.05) is 16.6 Å². The molecule has 3 heterocycles. The van der Waals surface area contributed by atoms with Crippen molar-refractivity contribution in [3.8, 4) is 17.1 Å². The number of pyridine rings is 1. The monoisotopic (exact) mass is 483 g/mol. The molecule has 12 heteroatoms. The maximum absolute atomic E-state index is 12.9. The molecule has 1 saturated carbocycles. The fraction of sp³-hybridized carbons (Fsp3) is 0.364. The molecule has 0 spiro atoms. The first-order chi connectivity index (χ1) is 16.4. The lowest BCUT2D eigenvalue weighted by Crippen LogP contribution is -2.23. The Morgan fingerprint density at radius 2 is 1.85 bits per heavy atom. The number of ether oxygens (including phenoxy) is 1. The SMILES string of the molecule is CCOc1cncc(-c2ccc(NC(=O)C(CC)c3cncc(NS(=O)(=O)C4CC4)n3)nc2)n1. The van der Waals surface area contributed by atoms with Gasteiger partial charge in [0.05, 0.1) is 47.8 Å². The number of aromatic nitrogens is 5. The van der Waals surface area contributed by atoms with Crippen LogP contribution in [0.4, 0.5) is 11.6 Å². The number of sulfonamides is 1. The summed E-state index contributed by atoms with van der Waals surface area (Å²) in [6, 6.07) is 3.44. The quantitative estimate of drug-likeness (QED) is 0.444. The number of amides is 1. The van der Waals surface area contributed by atoms with Gasteiger partial charge in [0.15, 0.2) is 5.82 Å². The maximum atomic E-state index is 12.9. The van der Waals surface area contributed by atoms with Gasteiger partial charge in [0.25, 0.3) is 0 Å². The third-order valence-electron chi connectivity index (χ3n) is 5.16. The average Bonchev–Trinajstić information content (AvgIpc) is 3.67. The van der Waals surface area contributed by atoms with E-state index in [1.807, 2.05) is 13.8 Å². The molecule has 1 aliphatic carbocycles. The maximum Gasteiger partial charge on any atom is 0.236 e. The molecule has 0 aliphatic heterocycles. The Kier molecular flexibility index (Phi) is 6.96. The summed E-state index contributed by atoms with van der Waals surface area (Å²) in [5.74, 6) is -0.0652. The third kappa shape index (κ3) is 5.63. The van der Waals surface area contributed by atoms with Crippen molar-refractivity contribution in [2.24, 2.45) is 0 Å². The molecule has 1 unspecified atom stereocenters. The highest BCUT2D eigenvalue weighted by Crippen LogP contribution is 2.29. The lowest BCUT2D eigenvalue weighted by Gasteiger charge is -2.15. The van der Waals surface area contributed by atoms with Crippen molar-refractivity contribution in [3.05, 3.63) is 48.8 Å². The van der Waals surface area contributed by atoms with Gasteiger partial charge in [-0.2, -0.15) is 0 Å². The number of nitrogens with zero attached hydrogens (tertiary/aromatic N) is 5. The molecule has 178 valence electrons. The fourth-order valence-corrected chi connectivity index (χ4v) is 4.58. The van der Waals surface area contributed by atoms with Gasteiger partial charge in [-0.15, -0.1) is 0 Å². The van der Waals surface area contributed by atoms with Gasteiger partial charge in [-0.25, -0.2) is 23.4 Å². The molecule has 0 radical (unpaired) electrons. The predicted octanol–water partition coefficient (Wildman–Crippen LogP) is 2.76. The average molecular weight is 484 g/mol. The minimum atomic E-state index is -3.47. The van der Waals surface area contributed by atoms with E-state index in [-0.39, 0.29) is 17.0 Å². The van der Waals surface area contributed by atoms with E-state index in [1.54, 1.807) is 24.5 Å². The number of rotatable bonds is 10. The standard InChI is InChI=1S/C22H25N7O4S/c1-3-16(18-11-23-12-20(26-18)29-34(31,32)15-6-7-15)22(30)28-19-8-5-14(9-25-19)17-10-24-13-21(27-17)33-4-2/h5,8-13,15-16H,3-4,6-7H2,1-2H3,(H,26,29)(H,25,28,30). The number of hydrogen-bond donors (Lipinski definition) is 2. The van der Waals surface area contributed by atoms with E-state index in [2.05, 4.69) is 35.0 Å². The summed E-state index contributed by atoms with van der Waals surface area (Å²) in [5, 5.41) is 2.40. The van der Waals surface area contributed by atoms with E-state index in [0.717, 1.165) is 5.56 Å². The largest absolute Gasteiger partial charge is 0.477 e. The van der Waals surface area contributed by atoms with Gasteiger partial charge < -0.3 is 10.1 Å². The van der Waals surface area contributed by atoms with E-state index in [4.69, 9.17) is 4.74 Å². The summed E-state index contributed by atoms with van der Waals surface area (Å²) in [4.78, 5) is 34.1. The van der Waals surface area contributed by atoms with Crippen LogP contribution in [0.5, 0.6) is 5.88 Å². The van der Waals surface area contributed by atoms with E-state index in [0.29, 0.717) is 49.0 Å². The van der Waals surface area contributed by atoms with Crippen LogP contribution in [0.1, 0.15) is 44.7 Å². The Morgan fingerprint density at radius 3 is 2.53 bits per heavy atom. The van der Waals surface area contributed by atoms with Crippen molar-refractivity contribution >= 4 is 27.6 Å². The van der Waals surface area contributed by atoms with Crippen molar-refractivity contribution in [2.45, 2.75) is 44.3 Å². The summed E-state index contributed by atoms with van der Waals surface area (Å²) in [7, 11) is -3.47. The van der Waals surface area contributed by atoms with Crippen LogP contribution < -0.4 is 14.8 Å². The zero-order valence-corrected chi connectivity index (χ0v) is 19.6.